The highest BCUT2D eigenvalue weighted by Crippen LogP contribution is 2.27. The second-order valence-corrected chi connectivity index (χ2v) is 8.67. The minimum atomic E-state index is -0.274. The zero-order valence-corrected chi connectivity index (χ0v) is 16.7. The van der Waals surface area contributed by atoms with Crippen molar-refractivity contribution in [2.75, 3.05) is 25.4 Å². The van der Waals surface area contributed by atoms with Gasteiger partial charge in [0.15, 0.2) is 0 Å². The van der Waals surface area contributed by atoms with E-state index in [2.05, 4.69) is 13.8 Å². The Balaban J connectivity index is 1.48. The molecule has 1 aromatic carbocycles. The lowest BCUT2D eigenvalue weighted by atomic mass is 9.98. The van der Waals surface area contributed by atoms with Crippen molar-refractivity contribution < 1.29 is 18.7 Å². The number of cyclic esters (lactones) is 1. The van der Waals surface area contributed by atoms with Gasteiger partial charge in [0.05, 0.1) is 11.8 Å². The van der Waals surface area contributed by atoms with Crippen molar-refractivity contribution in [1.29, 1.82) is 0 Å². The Kier molecular flexibility index (Phi) is 6.63. The van der Waals surface area contributed by atoms with Gasteiger partial charge in [0.25, 0.3) is 0 Å². The number of benzene rings is 1. The van der Waals surface area contributed by atoms with Crippen LogP contribution < -0.4 is 0 Å². The molecule has 5 nitrogen and oxygen atoms in total. The highest BCUT2D eigenvalue weighted by atomic mass is 32.2. The van der Waals surface area contributed by atoms with Gasteiger partial charge in [-0.05, 0) is 49.4 Å². The summed E-state index contributed by atoms with van der Waals surface area (Å²) in [6, 6.07) is 6.49. The Hall–Kier alpha value is -1.76. The van der Waals surface area contributed by atoms with Crippen LogP contribution in [0.15, 0.2) is 29.2 Å². The van der Waals surface area contributed by atoms with Crippen molar-refractivity contribution in [2.45, 2.75) is 50.1 Å². The minimum Gasteiger partial charge on any atom is -0.447 e. The third kappa shape index (κ3) is 5.15. The highest BCUT2D eigenvalue weighted by Gasteiger charge is 2.39. The molecule has 2 heterocycles. The van der Waals surface area contributed by atoms with E-state index in [4.69, 9.17) is 4.74 Å². The SMILES string of the molecule is CC(C)C[C@@H]1COC(=O)N1C1CCN(C(=O)CSc2ccc(F)cc2)CC1. The summed E-state index contributed by atoms with van der Waals surface area (Å²) in [7, 11) is 0. The van der Waals surface area contributed by atoms with Gasteiger partial charge in [0, 0.05) is 24.0 Å². The van der Waals surface area contributed by atoms with Crippen LogP contribution in [0.5, 0.6) is 0 Å². The Morgan fingerprint density at radius 3 is 2.56 bits per heavy atom. The van der Waals surface area contributed by atoms with Crippen molar-refractivity contribution in [1.82, 2.24) is 9.80 Å². The molecule has 3 rings (SSSR count). The van der Waals surface area contributed by atoms with E-state index in [0.29, 0.717) is 31.4 Å². The maximum Gasteiger partial charge on any atom is 0.410 e. The molecule has 148 valence electrons. The van der Waals surface area contributed by atoms with Gasteiger partial charge in [-0.3, -0.25) is 9.69 Å². The number of ether oxygens (including phenoxy) is 1. The second kappa shape index (κ2) is 8.95. The van der Waals surface area contributed by atoms with Gasteiger partial charge >= 0.3 is 6.09 Å². The quantitative estimate of drug-likeness (QED) is 0.689. The number of piperidine rings is 1. The van der Waals surface area contributed by atoms with Crippen LogP contribution in [0, 0.1) is 11.7 Å². The van der Waals surface area contributed by atoms with Crippen LogP contribution >= 0.6 is 11.8 Å². The first-order chi connectivity index (χ1) is 12.9. The fraction of sp³-hybridized carbons (Fsp3) is 0.600. The van der Waals surface area contributed by atoms with Gasteiger partial charge < -0.3 is 9.64 Å². The van der Waals surface area contributed by atoms with Crippen LogP contribution in [0.25, 0.3) is 0 Å². The van der Waals surface area contributed by atoms with Crippen molar-refractivity contribution in [2.24, 2.45) is 5.92 Å². The van der Waals surface area contributed by atoms with Crippen molar-refractivity contribution in [3.05, 3.63) is 30.1 Å². The molecule has 0 aliphatic carbocycles. The molecule has 7 heteroatoms. The number of amides is 2. The van der Waals surface area contributed by atoms with Crippen LogP contribution in [0.3, 0.4) is 0 Å². The smallest absolute Gasteiger partial charge is 0.410 e. The molecule has 2 aliphatic rings. The van der Waals surface area contributed by atoms with Gasteiger partial charge in [0.1, 0.15) is 12.4 Å². The zero-order valence-electron chi connectivity index (χ0n) is 15.9. The number of likely N-dealkylation sites (tertiary alicyclic amines) is 1. The molecule has 0 saturated carbocycles. The Morgan fingerprint density at radius 2 is 1.93 bits per heavy atom. The number of carbonyl (C=O) groups excluding carboxylic acids is 2. The van der Waals surface area contributed by atoms with E-state index in [1.54, 1.807) is 12.1 Å². The standard InChI is InChI=1S/C20H27FN2O3S/c1-14(2)11-17-12-26-20(25)23(17)16-7-9-22(10-8-16)19(24)13-27-18-5-3-15(21)4-6-18/h3-6,14,16-17H,7-13H2,1-2H3/t17-/m1/s1. The summed E-state index contributed by atoms with van der Waals surface area (Å²) in [4.78, 5) is 29.3. The number of hydrogen-bond donors (Lipinski definition) is 0. The van der Waals surface area contributed by atoms with Gasteiger partial charge in [-0.2, -0.15) is 0 Å². The molecule has 0 aromatic heterocycles. The highest BCUT2D eigenvalue weighted by molar-refractivity contribution is 8.00. The molecule has 27 heavy (non-hydrogen) atoms. The molecule has 0 spiro atoms. The van der Waals surface area contributed by atoms with Crippen LogP contribution in [0.1, 0.15) is 33.1 Å². The largest absolute Gasteiger partial charge is 0.447 e. The topological polar surface area (TPSA) is 49.9 Å². The number of halogens is 1. The summed E-state index contributed by atoms with van der Waals surface area (Å²) in [6.07, 6.45) is 2.31. The van der Waals surface area contributed by atoms with Gasteiger partial charge in [-0.15, -0.1) is 11.8 Å². The van der Waals surface area contributed by atoms with Crippen LogP contribution in [-0.4, -0.2) is 59.3 Å². The van der Waals surface area contributed by atoms with E-state index in [9.17, 15) is 14.0 Å². The molecule has 0 unspecified atom stereocenters. The fourth-order valence-corrected chi connectivity index (χ4v) is 4.61. The Bertz CT molecular complexity index is 660. The molecule has 2 aliphatic heterocycles. The monoisotopic (exact) mass is 394 g/mol. The summed E-state index contributed by atoms with van der Waals surface area (Å²) in [5, 5.41) is 0. The normalized spacial score (nSPS) is 21.0. The first kappa shape index (κ1) is 20.0. The molecule has 2 fully saturated rings. The molecular weight excluding hydrogens is 367 g/mol. The summed E-state index contributed by atoms with van der Waals surface area (Å²) in [6.45, 7) is 6.10. The lowest BCUT2D eigenvalue weighted by Crippen LogP contribution is -2.50. The number of hydrogen-bond acceptors (Lipinski definition) is 4. The van der Waals surface area contributed by atoms with E-state index in [1.807, 2.05) is 9.80 Å². The maximum atomic E-state index is 12.9. The van der Waals surface area contributed by atoms with Gasteiger partial charge in [-0.1, -0.05) is 13.8 Å². The molecule has 2 amide bonds. The fourth-order valence-electron chi connectivity index (χ4n) is 3.80. The molecule has 0 bridgehead atoms. The van der Waals surface area contributed by atoms with E-state index in [0.717, 1.165) is 24.2 Å². The third-order valence-corrected chi connectivity index (χ3v) is 6.13. The Labute approximate surface area is 164 Å². The molecule has 2 saturated heterocycles. The number of carbonyl (C=O) groups is 2. The predicted octanol–water partition coefficient (Wildman–Crippen LogP) is 3.78. The summed E-state index contributed by atoms with van der Waals surface area (Å²) in [5.41, 5.74) is 0. The van der Waals surface area contributed by atoms with Gasteiger partial charge in [-0.25, -0.2) is 9.18 Å². The van der Waals surface area contributed by atoms with Crippen molar-refractivity contribution >= 4 is 23.8 Å². The van der Waals surface area contributed by atoms with E-state index in [1.165, 1.54) is 23.9 Å². The summed E-state index contributed by atoms with van der Waals surface area (Å²) < 4.78 is 18.2. The zero-order chi connectivity index (χ0) is 19.4. The number of rotatable bonds is 6. The first-order valence-electron chi connectivity index (χ1n) is 9.55. The van der Waals surface area contributed by atoms with E-state index >= 15 is 0 Å². The second-order valence-electron chi connectivity index (χ2n) is 7.62. The average Bonchev–Trinajstić information content (AvgIpc) is 3.00. The minimum absolute atomic E-state index is 0.0884. The molecule has 0 N–H and O–H groups in total. The van der Waals surface area contributed by atoms with Crippen LogP contribution in [0.2, 0.25) is 0 Å². The van der Waals surface area contributed by atoms with Gasteiger partial charge in [0.2, 0.25) is 5.91 Å². The Morgan fingerprint density at radius 1 is 1.26 bits per heavy atom. The molecule has 0 radical (unpaired) electrons. The van der Waals surface area contributed by atoms with Crippen LogP contribution in [0.4, 0.5) is 9.18 Å². The van der Waals surface area contributed by atoms with Crippen molar-refractivity contribution in [3.8, 4) is 0 Å². The van der Waals surface area contributed by atoms with E-state index < -0.39 is 0 Å². The van der Waals surface area contributed by atoms with E-state index in [-0.39, 0.29) is 29.9 Å². The third-order valence-electron chi connectivity index (χ3n) is 5.13. The molecule has 1 atom stereocenters. The lowest BCUT2D eigenvalue weighted by Gasteiger charge is -2.38. The maximum absolute atomic E-state index is 12.9. The number of thioether (sulfide) groups is 1. The summed E-state index contributed by atoms with van der Waals surface area (Å²) >= 11 is 1.42. The molecular formula is C20H27FN2O3S. The predicted molar refractivity (Wildman–Crippen MR) is 103 cm³/mol. The van der Waals surface area contributed by atoms with Crippen molar-refractivity contribution in [3.63, 3.8) is 0 Å². The molecule has 1 aromatic rings. The lowest BCUT2D eigenvalue weighted by molar-refractivity contribution is -0.129. The summed E-state index contributed by atoms with van der Waals surface area (Å²) in [5.74, 6) is 0.671. The average molecular weight is 395 g/mol. The first-order valence-corrected chi connectivity index (χ1v) is 10.5. The number of nitrogens with zero attached hydrogens (tertiary/aromatic N) is 2. The van der Waals surface area contributed by atoms with Crippen LogP contribution in [-0.2, 0) is 9.53 Å².